The number of aromatic nitrogens is 1. The Hall–Kier alpha value is -2.07. The van der Waals surface area contributed by atoms with Crippen LogP contribution in [0.2, 0.25) is 5.02 Å². The van der Waals surface area contributed by atoms with E-state index >= 15 is 0 Å². The van der Waals surface area contributed by atoms with E-state index in [1.165, 1.54) is 0 Å². The lowest BCUT2D eigenvalue weighted by molar-refractivity contribution is 0.0785. The molecule has 0 aliphatic rings. The second-order valence-electron chi connectivity index (χ2n) is 4.23. The lowest BCUT2D eigenvalue weighted by Crippen LogP contribution is -2.26. The third-order valence-electron chi connectivity index (χ3n) is 2.75. The van der Waals surface area contributed by atoms with Gasteiger partial charge in [0.05, 0.1) is 16.3 Å². The molecule has 0 saturated heterocycles. The van der Waals surface area contributed by atoms with Crippen LogP contribution in [0.4, 0.5) is 5.69 Å². The fourth-order valence-electron chi connectivity index (χ4n) is 1.76. The summed E-state index contributed by atoms with van der Waals surface area (Å²) in [6, 6.07) is 8.80. The number of halogens is 1. The van der Waals surface area contributed by atoms with Crippen LogP contribution in [0, 0.1) is 0 Å². The zero-order valence-corrected chi connectivity index (χ0v) is 11.3. The molecule has 5 heteroatoms. The smallest absolute Gasteiger partial charge is 0.255 e. The molecule has 0 aliphatic carbocycles. The summed E-state index contributed by atoms with van der Waals surface area (Å²) in [5, 5.41) is 0.297. The second kappa shape index (κ2) is 5.71. The van der Waals surface area contributed by atoms with E-state index in [1.54, 1.807) is 42.5 Å². The molecule has 2 rings (SSSR count). The number of carbonyl (C=O) groups excluding carboxylic acids is 1. The number of hydrogen-bond donors (Lipinski definition) is 1. The molecule has 1 amide bonds. The van der Waals surface area contributed by atoms with Gasteiger partial charge in [0.1, 0.15) is 0 Å². The van der Waals surface area contributed by atoms with Crippen molar-refractivity contribution in [2.45, 2.75) is 6.54 Å². The van der Waals surface area contributed by atoms with Crippen LogP contribution in [0.5, 0.6) is 0 Å². The largest absolute Gasteiger partial charge is 0.398 e. The number of rotatable bonds is 3. The number of nitrogens with two attached hydrogens (primary N) is 1. The predicted molar refractivity (Wildman–Crippen MR) is 75.9 cm³/mol. The molecule has 2 N–H and O–H groups in total. The summed E-state index contributed by atoms with van der Waals surface area (Å²) < 4.78 is 0. The van der Waals surface area contributed by atoms with Gasteiger partial charge in [-0.3, -0.25) is 9.78 Å². The first-order chi connectivity index (χ1) is 9.09. The van der Waals surface area contributed by atoms with Gasteiger partial charge in [-0.05, 0) is 23.8 Å². The number of benzene rings is 1. The summed E-state index contributed by atoms with van der Waals surface area (Å²) in [6.07, 6.45) is 3.42. The number of pyridine rings is 1. The lowest BCUT2D eigenvalue weighted by Gasteiger charge is -2.18. The number of nitrogen functional groups attached to an aromatic ring is 1. The van der Waals surface area contributed by atoms with Gasteiger partial charge in [-0.15, -0.1) is 0 Å². The van der Waals surface area contributed by atoms with Crippen LogP contribution >= 0.6 is 11.6 Å². The SMILES string of the molecule is CN(Cc1cccnc1)C(=O)c1cccc(N)c1Cl. The molecular formula is C14H14ClN3O. The van der Waals surface area contributed by atoms with Crippen LogP contribution in [0.25, 0.3) is 0 Å². The van der Waals surface area contributed by atoms with Crippen molar-refractivity contribution >= 4 is 23.2 Å². The Bertz CT molecular complexity index is 586. The number of carbonyl (C=O) groups is 1. The van der Waals surface area contributed by atoms with Crippen LogP contribution in [-0.2, 0) is 6.54 Å². The topological polar surface area (TPSA) is 59.2 Å². The first-order valence-electron chi connectivity index (χ1n) is 5.78. The van der Waals surface area contributed by atoms with E-state index in [9.17, 15) is 4.79 Å². The van der Waals surface area contributed by atoms with Crippen molar-refractivity contribution in [2.24, 2.45) is 0 Å². The minimum absolute atomic E-state index is 0.166. The first-order valence-corrected chi connectivity index (χ1v) is 6.15. The van der Waals surface area contributed by atoms with Crippen LogP contribution in [0.15, 0.2) is 42.7 Å². The number of amides is 1. The first kappa shape index (κ1) is 13.4. The average molecular weight is 276 g/mol. The maximum absolute atomic E-state index is 12.3. The van der Waals surface area contributed by atoms with E-state index < -0.39 is 0 Å². The van der Waals surface area contributed by atoms with Crippen molar-refractivity contribution in [1.29, 1.82) is 0 Å². The maximum atomic E-state index is 12.3. The van der Waals surface area contributed by atoms with Crippen molar-refractivity contribution in [3.05, 3.63) is 58.9 Å². The molecule has 0 spiro atoms. The molecule has 0 atom stereocenters. The fourth-order valence-corrected chi connectivity index (χ4v) is 1.96. The standard InChI is InChI=1S/C14H14ClN3O/c1-18(9-10-4-3-7-17-8-10)14(19)11-5-2-6-12(16)13(11)15/h2-8H,9,16H2,1H3. The Kier molecular flexibility index (Phi) is 4.02. The molecule has 1 aromatic carbocycles. The summed E-state index contributed by atoms with van der Waals surface area (Å²) in [4.78, 5) is 17.9. The molecule has 19 heavy (non-hydrogen) atoms. The van der Waals surface area contributed by atoms with Gasteiger partial charge in [0.2, 0.25) is 0 Å². The maximum Gasteiger partial charge on any atom is 0.255 e. The van der Waals surface area contributed by atoms with Crippen LogP contribution in [-0.4, -0.2) is 22.8 Å². The highest BCUT2D eigenvalue weighted by atomic mass is 35.5. The van der Waals surface area contributed by atoms with Crippen LogP contribution in [0.1, 0.15) is 15.9 Å². The highest BCUT2D eigenvalue weighted by Gasteiger charge is 2.16. The minimum atomic E-state index is -0.166. The van der Waals surface area contributed by atoms with Crippen molar-refractivity contribution in [3.63, 3.8) is 0 Å². The Labute approximate surface area is 116 Å². The Balaban J connectivity index is 2.18. The average Bonchev–Trinajstić information content (AvgIpc) is 2.42. The van der Waals surface area contributed by atoms with Crippen molar-refractivity contribution in [2.75, 3.05) is 12.8 Å². The van der Waals surface area contributed by atoms with Gasteiger partial charge in [0.25, 0.3) is 5.91 Å². The predicted octanol–water partition coefficient (Wildman–Crippen LogP) is 2.59. The van der Waals surface area contributed by atoms with Gasteiger partial charge >= 0.3 is 0 Å². The summed E-state index contributed by atoms with van der Waals surface area (Å²) in [5.74, 6) is -0.166. The van der Waals surface area contributed by atoms with Gasteiger partial charge in [0, 0.05) is 26.0 Å². The van der Waals surface area contributed by atoms with Crippen LogP contribution < -0.4 is 5.73 Å². The van der Waals surface area contributed by atoms with Gasteiger partial charge in [0.15, 0.2) is 0 Å². The molecule has 0 bridgehead atoms. The third kappa shape index (κ3) is 3.03. The number of nitrogens with zero attached hydrogens (tertiary/aromatic N) is 2. The van der Waals surface area contributed by atoms with Gasteiger partial charge < -0.3 is 10.6 Å². The molecule has 4 nitrogen and oxygen atoms in total. The molecule has 0 radical (unpaired) electrons. The molecule has 0 aliphatic heterocycles. The summed E-state index contributed by atoms with van der Waals surface area (Å²) in [7, 11) is 1.72. The fraction of sp³-hybridized carbons (Fsp3) is 0.143. The van der Waals surface area contributed by atoms with Gasteiger partial charge in [-0.25, -0.2) is 0 Å². The van der Waals surface area contributed by atoms with E-state index in [4.69, 9.17) is 17.3 Å². The summed E-state index contributed by atoms with van der Waals surface area (Å²) in [5.41, 5.74) is 7.47. The molecule has 0 unspecified atom stereocenters. The molecule has 0 fully saturated rings. The highest BCUT2D eigenvalue weighted by molar-refractivity contribution is 6.36. The lowest BCUT2D eigenvalue weighted by atomic mass is 10.1. The molecule has 2 aromatic rings. The van der Waals surface area contributed by atoms with Gasteiger partial charge in [-0.1, -0.05) is 23.7 Å². The monoisotopic (exact) mass is 275 g/mol. The molecule has 1 heterocycles. The quantitative estimate of drug-likeness (QED) is 0.876. The van der Waals surface area contributed by atoms with Crippen molar-refractivity contribution in [1.82, 2.24) is 9.88 Å². The number of anilines is 1. The van der Waals surface area contributed by atoms with Gasteiger partial charge in [-0.2, -0.15) is 0 Å². The van der Waals surface area contributed by atoms with E-state index in [2.05, 4.69) is 4.98 Å². The molecule has 0 saturated carbocycles. The Morgan fingerprint density at radius 3 is 2.84 bits per heavy atom. The van der Waals surface area contributed by atoms with Crippen molar-refractivity contribution < 1.29 is 4.79 Å². The summed E-state index contributed by atoms with van der Waals surface area (Å²) in [6.45, 7) is 0.470. The van der Waals surface area contributed by atoms with Crippen molar-refractivity contribution in [3.8, 4) is 0 Å². The number of hydrogen-bond acceptors (Lipinski definition) is 3. The molecular weight excluding hydrogens is 262 g/mol. The van der Waals surface area contributed by atoms with E-state index in [-0.39, 0.29) is 5.91 Å². The van der Waals surface area contributed by atoms with Crippen LogP contribution in [0.3, 0.4) is 0 Å². The van der Waals surface area contributed by atoms with E-state index in [1.807, 2.05) is 12.1 Å². The normalized spacial score (nSPS) is 10.2. The van der Waals surface area contributed by atoms with E-state index in [0.29, 0.717) is 22.8 Å². The Morgan fingerprint density at radius 2 is 2.16 bits per heavy atom. The molecule has 1 aromatic heterocycles. The highest BCUT2D eigenvalue weighted by Crippen LogP contribution is 2.24. The summed E-state index contributed by atoms with van der Waals surface area (Å²) >= 11 is 6.05. The minimum Gasteiger partial charge on any atom is -0.398 e. The molecule has 98 valence electrons. The van der Waals surface area contributed by atoms with E-state index in [0.717, 1.165) is 5.56 Å². The zero-order valence-electron chi connectivity index (χ0n) is 10.5. The third-order valence-corrected chi connectivity index (χ3v) is 3.17. The zero-order chi connectivity index (χ0) is 13.8. The Morgan fingerprint density at radius 1 is 1.37 bits per heavy atom. The second-order valence-corrected chi connectivity index (χ2v) is 4.61.